The Morgan fingerprint density at radius 1 is 1.67 bits per heavy atom. The minimum absolute atomic E-state index is 0. The summed E-state index contributed by atoms with van der Waals surface area (Å²) in [5.41, 5.74) is 0. The van der Waals surface area contributed by atoms with Crippen molar-refractivity contribution < 1.29 is 0 Å². The summed E-state index contributed by atoms with van der Waals surface area (Å²) in [6, 6.07) is 0.844. The van der Waals surface area contributed by atoms with Crippen molar-refractivity contribution in [2.24, 2.45) is 0 Å². The molecule has 1 atom stereocenters. The Hall–Kier alpha value is 1.12. The molecule has 0 unspecified atom stereocenters. The molecular formula is C5H12ClNSSe. The summed E-state index contributed by atoms with van der Waals surface area (Å²) in [4.78, 5) is 0. The number of rotatable bonds is 1. The van der Waals surface area contributed by atoms with E-state index < -0.39 is 0 Å². The van der Waals surface area contributed by atoms with Crippen LogP contribution in [0.3, 0.4) is 0 Å². The van der Waals surface area contributed by atoms with Gasteiger partial charge in [0.1, 0.15) is 0 Å². The molecule has 1 fully saturated rings. The van der Waals surface area contributed by atoms with Crippen LogP contribution in [-0.4, -0.2) is 32.7 Å². The van der Waals surface area contributed by atoms with Crippen molar-refractivity contribution in [1.82, 2.24) is 5.32 Å². The van der Waals surface area contributed by atoms with E-state index >= 15 is 0 Å². The fourth-order valence-corrected chi connectivity index (χ4v) is 5.14. The van der Waals surface area contributed by atoms with Gasteiger partial charge in [-0.2, -0.15) is 0 Å². The average Bonchev–Trinajstić information content (AvgIpc) is 1.90. The summed E-state index contributed by atoms with van der Waals surface area (Å²) < 4.78 is 0. The normalized spacial score (nSPS) is 27.0. The van der Waals surface area contributed by atoms with E-state index in [2.05, 4.69) is 22.5 Å². The van der Waals surface area contributed by atoms with Crippen LogP contribution in [0.2, 0.25) is 5.32 Å². The van der Waals surface area contributed by atoms with Crippen LogP contribution >= 0.6 is 22.6 Å². The molecule has 56 valence electrons. The van der Waals surface area contributed by atoms with Crippen molar-refractivity contribution in [3.8, 4) is 0 Å². The summed E-state index contributed by atoms with van der Waals surface area (Å²) in [5.74, 6) is 1.38. The molecule has 0 radical (unpaired) electrons. The molecule has 1 nitrogen and oxygen atoms in total. The Morgan fingerprint density at radius 3 is 2.78 bits per heavy atom. The van der Waals surface area contributed by atoms with E-state index in [1.807, 2.05) is 0 Å². The second kappa shape index (κ2) is 5.87. The standard InChI is InChI=1S/C5H11NSSe.ClH/c1-6-5-2-3-7-8-4-5;/h5-6H,2-4H2,1H3;1H/t5-;/m1./s1. The van der Waals surface area contributed by atoms with Gasteiger partial charge in [-0.05, 0) is 0 Å². The second-order valence-corrected chi connectivity index (χ2v) is 6.43. The summed E-state index contributed by atoms with van der Waals surface area (Å²) in [6.45, 7) is 0. The van der Waals surface area contributed by atoms with Gasteiger partial charge in [0.25, 0.3) is 0 Å². The van der Waals surface area contributed by atoms with Crippen molar-refractivity contribution in [1.29, 1.82) is 0 Å². The van der Waals surface area contributed by atoms with E-state index in [4.69, 9.17) is 0 Å². The van der Waals surface area contributed by atoms with Gasteiger partial charge in [0.05, 0.1) is 0 Å². The SMILES string of the molecule is CN[C@@H]1CCS[Se]C1.Cl. The predicted molar refractivity (Wildman–Crippen MR) is 47.7 cm³/mol. The van der Waals surface area contributed by atoms with E-state index in [0.717, 1.165) is 19.9 Å². The molecule has 0 bridgehead atoms. The van der Waals surface area contributed by atoms with E-state index in [1.165, 1.54) is 17.5 Å². The molecule has 0 aliphatic carbocycles. The zero-order chi connectivity index (χ0) is 5.82. The van der Waals surface area contributed by atoms with E-state index in [0.29, 0.717) is 0 Å². The first kappa shape index (κ1) is 10.1. The fourth-order valence-electron chi connectivity index (χ4n) is 0.691. The predicted octanol–water partition coefficient (Wildman–Crippen LogP) is 1.17. The summed E-state index contributed by atoms with van der Waals surface area (Å²) in [7, 11) is 4.20. The maximum Gasteiger partial charge on any atom is -0.147 e. The molecule has 1 N–H and O–H groups in total. The quantitative estimate of drug-likeness (QED) is 0.682. The van der Waals surface area contributed by atoms with Gasteiger partial charge in [-0.15, -0.1) is 12.4 Å². The molecule has 1 heterocycles. The molecule has 0 aromatic carbocycles. The minimum Gasteiger partial charge on any atom is -0.147 e. The number of hydrogen-bond donors (Lipinski definition) is 1. The first-order chi connectivity index (χ1) is 3.93. The van der Waals surface area contributed by atoms with Gasteiger partial charge < -0.3 is 0 Å². The molecule has 0 aromatic rings. The van der Waals surface area contributed by atoms with Crippen molar-refractivity contribution in [2.75, 3.05) is 12.8 Å². The molecule has 0 saturated carbocycles. The van der Waals surface area contributed by atoms with Crippen molar-refractivity contribution in [2.45, 2.75) is 17.8 Å². The number of halogens is 1. The Labute approximate surface area is 72.4 Å². The zero-order valence-electron chi connectivity index (χ0n) is 5.42. The molecule has 1 aliphatic heterocycles. The first-order valence-corrected chi connectivity index (χ1v) is 7.07. The van der Waals surface area contributed by atoms with E-state index in [-0.39, 0.29) is 12.4 Å². The Balaban J connectivity index is 0.000000640. The smallest absolute Gasteiger partial charge is 0.147 e. The molecule has 4 heteroatoms. The van der Waals surface area contributed by atoms with Crippen LogP contribution in [0.5, 0.6) is 0 Å². The Bertz CT molecular complexity index is 68.0. The van der Waals surface area contributed by atoms with Crippen LogP contribution in [0.25, 0.3) is 0 Å². The molecule has 9 heavy (non-hydrogen) atoms. The first-order valence-electron chi connectivity index (χ1n) is 2.85. The third-order valence-corrected chi connectivity index (χ3v) is 5.81. The maximum absolute atomic E-state index is 3.31. The monoisotopic (exact) mass is 233 g/mol. The van der Waals surface area contributed by atoms with Gasteiger partial charge in [0, 0.05) is 0 Å². The van der Waals surface area contributed by atoms with Crippen LogP contribution in [0, 0.1) is 0 Å². The minimum atomic E-state index is 0. The van der Waals surface area contributed by atoms with Crippen LogP contribution in [0.1, 0.15) is 6.42 Å². The van der Waals surface area contributed by atoms with Crippen LogP contribution in [0.15, 0.2) is 0 Å². The fraction of sp³-hybridized carbons (Fsp3) is 1.00. The number of nitrogens with one attached hydrogen (secondary N) is 1. The van der Waals surface area contributed by atoms with Crippen LogP contribution in [0.4, 0.5) is 0 Å². The molecule has 0 aromatic heterocycles. The van der Waals surface area contributed by atoms with Gasteiger partial charge in [-0.25, -0.2) is 0 Å². The van der Waals surface area contributed by atoms with Gasteiger partial charge in [0.15, 0.2) is 0 Å². The van der Waals surface area contributed by atoms with E-state index in [1.54, 1.807) is 0 Å². The molecule has 1 rings (SSSR count). The third-order valence-electron chi connectivity index (χ3n) is 1.31. The van der Waals surface area contributed by atoms with Crippen molar-refractivity contribution >= 4 is 36.4 Å². The zero-order valence-corrected chi connectivity index (χ0v) is 8.77. The maximum atomic E-state index is 3.31. The molecule has 1 saturated heterocycles. The number of hydrogen-bond acceptors (Lipinski definition) is 2. The molecular weight excluding hydrogens is 221 g/mol. The van der Waals surface area contributed by atoms with Gasteiger partial charge in [-0.1, -0.05) is 0 Å². The summed E-state index contributed by atoms with van der Waals surface area (Å²) in [6.07, 6.45) is 1.38. The topological polar surface area (TPSA) is 12.0 Å². The summed E-state index contributed by atoms with van der Waals surface area (Å²) >= 11 is 0.881. The average molecular weight is 233 g/mol. The molecule has 0 spiro atoms. The van der Waals surface area contributed by atoms with Crippen LogP contribution < -0.4 is 5.32 Å². The van der Waals surface area contributed by atoms with Gasteiger partial charge in [-0.3, -0.25) is 0 Å². The Morgan fingerprint density at radius 2 is 2.44 bits per heavy atom. The van der Waals surface area contributed by atoms with Crippen molar-refractivity contribution in [3.63, 3.8) is 0 Å². The largest absolute Gasteiger partial charge is 0.147 e. The van der Waals surface area contributed by atoms with Crippen molar-refractivity contribution in [3.05, 3.63) is 0 Å². The Kier molecular flexibility index (Phi) is 6.60. The van der Waals surface area contributed by atoms with E-state index in [9.17, 15) is 0 Å². The van der Waals surface area contributed by atoms with Crippen LogP contribution in [-0.2, 0) is 0 Å². The van der Waals surface area contributed by atoms with Gasteiger partial charge in [0.2, 0.25) is 0 Å². The van der Waals surface area contributed by atoms with Gasteiger partial charge >= 0.3 is 59.9 Å². The molecule has 0 amide bonds. The summed E-state index contributed by atoms with van der Waals surface area (Å²) in [5, 5.41) is 4.73. The molecule has 1 aliphatic rings. The third kappa shape index (κ3) is 3.74. The second-order valence-electron chi connectivity index (χ2n) is 1.88.